The van der Waals surface area contributed by atoms with Crippen LogP contribution in [0, 0.1) is 20.2 Å². The zero-order valence-corrected chi connectivity index (χ0v) is 12.9. The fourth-order valence-corrected chi connectivity index (χ4v) is 1.92. The maximum atomic E-state index is 11.1. The molecule has 0 atom stereocenters. The lowest BCUT2D eigenvalue weighted by atomic mass is 10.1. The second kappa shape index (κ2) is 7.18. The molecule has 0 aliphatic rings. The first-order chi connectivity index (χ1) is 11.4. The lowest BCUT2D eigenvalue weighted by molar-refractivity contribution is -0.393. The van der Waals surface area contributed by atoms with Crippen molar-refractivity contribution in [1.29, 1.82) is 0 Å². The van der Waals surface area contributed by atoms with Crippen molar-refractivity contribution in [3.8, 4) is 5.75 Å². The molecule has 0 aliphatic heterocycles. The van der Waals surface area contributed by atoms with Crippen LogP contribution in [0.5, 0.6) is 5.75 Å². The number of nitrogens with one attached hydrogen (secondary N) is 1. The van der Waals surface area contributed by atoms with E-state index in [4.69, 9.17) is 4.74 Å². The molecule has 9 nitrogen and oxygen atoms in total. The summed E-state index contributed by atoms with van der Waals surface area (Å²) in [5, 5.41) is 25.9. The zero-order valence-electron chi connectivity index (χ0n) is 12.9. The molecular formula is C15H14N4O5. The quantitative estimate of drug-likeness (QED) is 0.492. The first-order valence-electron chi connectivity index (χ1n) is 6.80. The third-order valence-corrected chi connectivity index (χ3v) is 3.24. The molecule has 0 spiro atoms. The van der Waals surface area contributed by atoms with E-state index < -0.39 is 15.5 Å². The van der Waals surface area contributed by atoms with E-state index in [1.54, 1.807) is 38.3 Å². The highest BCUT2D eigenvalue weighted by atomic mass is 16.6. The van der Waals surface area contributed by atoms with E-state index in [0.717, 1.165) is 11.6 Å². The number of anilines is 1. The van der Waals surface area contributed by atoms with Gasteiger partial charge in [0.2, 0.25) is 0 Å². The van der Waals surface area contributed by atoms with Crippen LogP contribution < -0.4 is 10.2 Å². The smallest absolute Gasteiger partial charge is 0.301 e. The summed E-state index contributed by atoms with van der Waals surface area (Å²) in [6.07, 6.45) is 0. The molecule has 0 fully saturated rings. The number of nitro groups is 2. The molecule has 1 N–H and O–H groups in total. The van der Waals surface area contributed by atoms with Crippen molar-refractivity contribution in [2.24, 2.45) is 5.10 Å². The number of hydrazone groups is 1. The van der Waals surface area contributed by atoms with Crippen LogP contribution in [0.2, 0.25) is 0 Å². The number of rotatable bonds is 6. The van der Waals surface area contributed by atoms with Gasteiger partial charge in [0, 0.05) is 6.07 Å². The Kier molecular flexibility index (Phi) is 5.05. The molecule has 0 saturated carbocycles. The van der Waals surface area contributed by atoms with E-state index in [9.17, 15) is 20.2 Å². The van der Waals surface area contributed by atoms with Crippen molar-refractivity contribution in [1.82, 2.24) is 0 Å². The summed E-state index contributed by atoms with van der Waals surface area (Å²) in [4.78, 5) is 20.4. The number of non-ortho nitro benzene ring substituents is 1. The van der Waals surface area contributed by atoms with Crippen LogP contribution in [-0.4, -0.2) is 22.7 Å². The van der Waals surface area contributed by atoms with Crippen LogP contribution in [0.4, 0.5) is 17.1 Å². The van der Waals surface area contributed by atoms with Gasteiger partial charge >= 0.3 is 5.69 Å². The van der Waals surface area contributed by atoms with Crippen LogP contribution in [0.3, 0.4) is 0 Å². The molecule has 0 aromatic heterocycles. The predicted octanol–water partition coefficient (Wildman–Crippen LogP) is 3.35. The van der Waals surface area contributed by atoms with Crippen molar-refractivity contribution in [3.63, 3.8) is 0 Å². The fourth-order valence-electron chi connectivity index (χ4n) is 1.92. The summed E-state index contributed by atoms with van der Waals surface area (Å²) < 4.78 is 5.07. The monoisotopic (exact) mass is 330 g/mol. The molecule has 2 aromatic carbocycles. The number of nitrogens with zero attached hydrogens (tertiary/aromatic N) is 3. The van der Waals surface area contributed by atoms with Crippen molar-refractivity contribution in [2.75, 3.05) is 12.5 Å². The van der Waals surface area contributed by atoms with Gasteiger partial charge in [-0.25, -0.2) is 0 Å². The minimum atomic E-state index is -0.701. The summed E-state index contributed by atoms with van der Waals surface area (Å²) in [7, 11) is 1.56. The van der Waals surface area contributed by atoms with Gasteiger partial charge in [0.05, 0.1) is 28.7 Å². The predicted molar refractivity (Wildman–Crippen MR) is 88.6 cm³/mol. The first kappa shape index (κ1) is 16.9. The van der Waals surface area contributed by atoms with Gasteiger partial charge in [0.25, 0.3) is 5.69 Å². The lowest BCUT2D eigenvalue weighted by Gasteiger charge is -2.05. The molecule has 0 radical (unpaired) electrons. The van der Waals surface area contributed by atoms with Gasteiger partial charge in [-0.05, 0) is 42.8 Å². The molecule has 124 valence electrons. The van der Waals surface area contributed by atoms with Crippen LogP contribution >= 0.6 is 0 Å². The van der Waals surface area contributed by atoms with E-state index in [0.29, 0.717) is 11.5 Å². The Morgan fingerprint density at radius 2 is 1.75 bits per heavy atom. The Labute approximate surface area is 136 Å². The number of benzene rings is 2. The van der Waals surface area contributed by atoms with Crippen molar-refractivity contribution >= 4 is 22.8 Å². The van der Waals surface area contributed by atoms with Crippen LogP contribution in [-0.2, 0) is 0 Å². The number of hydrogen-bond donors (Lipinski definition) is 1. The highest BCUT2D eigenvalue weighted by Gasteiger charge is 2.19. The molecule has 9 heteroatoms. The van der Waals surface area contributed by atoms with E-state index in [1.165, 1.54) is 12.1 Å². The standard InChI is InChI=1S/C15H14N4O5/c1-10(11-3-6-13(24-2)7-4-11)16-17-14-8-5-12(18(20)21)9-15(14)19(22)23/h3-9,17H,1-2H3. The Morgan fingerprint density at radius 1 is 1.08 bits per heavy atom. The second-order valence-electron chi connectivity index (χ2n) is 4.75. The van der Waals surface area contributed by atoms with Crippen molar-refractivity contribution < 1.29 is 14.6 Å². The molecule has 0 unspecified atom stereocenters. The third-order valence-electron chi connectivity index (χ3n) is 3.24. The molecular weight excluding hydrogens is 316 g/mol. The number of methoxy groups -OCH3 is 1. The highest BCUT2D eigenvalue weighted by molar-refractivity contribution is 5.99. The minimum Gasteiger partial charge on any atom is -0.497 e. The lowest BCUT2D eigenvalue weighted by Crippen LogP contribution is -2.02. The van der Waals surface area contributed by atoms with Gasteiger partial charge in [-0.2, -0.15) is 5.10 Å². The third kappa shape index (κ3) is 3.83. The van der Waals surface area contributed by atoms with Crippen LogP contribution in [0.1, 0.15) is 12.5 Å². The van der Waals surface area contributed by atoms with Gasteiger partial charge < -0.3 is 4.74 Å². The molecule has 2 aromatic rings. The van der Waals surface area contributed by atoms with E-state index in [2.05, 4.69) is 10.5 Å². The highest BCUT2D eigenvalue weighted by Crippen LogP contribution is 2.29. The van der Waals surface area contributed by atoms with Gasteiger partial charge in [-0.1, -0.05) is 0 Å². The van der Waals surface area contributed by atoms with Crippen molar-refractivity contribution in [3.05, 3.63) is 68.3 Å². The number of nitro benzene ring substituents is 2. The van der Waals surface area contributed by atoms with Crippen LogP contribution in [0.15, 0.2) is 47.6 Å². The normalized spacial score (nSPS) is 11.0. The fraction of sp³-hybridized carbons (Fsp3) is 0.133. The van der Waals surface area contributed by atoms with Gasteiger partial charge in [0.1, 0.15) is 11.4 Å². The van der Waals surface area contributed by atoms with E-state index in [1.807, 2.05) is 0 Å². The topological polar surface area (TPSA) is 120 Å². The first-order valence-corrected chi connectivity index (χ1v) is 6.80. The van der Waals surface area contributed by atoms with Crippen LogP contribution in [0.25, 0.3) is 0 Å². The summed E-state index contributed by atoms with van der Waals surface area (Å²) in [5.41, 5.74) is 3.26. The molecule has 2 rings (SSSR count). The maximum absolute atomic E-state index is 11.1. The molecule has 0 aliphatic carbocycles. The maximum Gasteiger partial charge on any atom is 0.301 e. The summed E-state index contributed by atoms with van der Waals surface area (Å²) in [5.74, 6) is 0.700. The average molecular weight is 330 g/mol. The van der Waals surface area contributed by atoms with Crippen molar-refractivity contribution in [2.45, 2.75) is 6.92 Å². The summed E-state index contributed by atoms with van der Waals surface area (Å²) in [6, 6.07) is 10.4. The second-order valence-corrected chi connectivity index (χ2v) is 4.75. The largest absolute Gasteiger partial charge is 0.497 e. The Balaban J connectivity index is 2.26. The van der Waals surface area contributed by atoms with E-state index in [-0.39, 0.29) is 11.4 Å². The Bertz CT molecular complexity index is 802. The Morgan fingerprint density at radius 3 is 2.29 bits per heavy atom. The van der Waals surface area contributed by atoms with Gasteiger partial charge in [-0.3, -0.25) is 25.7 Å². The molecule has 0 amide bonds. The molecule has 0 bridgehead atoms. The van der Waals surface area contributed by atoms with Gasteiger partial charge in [-0.15, -0.1) is 0 Å². The zero-order chi connectivity index (χ0) is 17.7. The summed E-state index contributed by atoms with van der Waals surface area (Å²) in [6.45, 7) is 1.73. The molecule has 0 saturated heterocycles. The molecule has 0 heterocycles. The SMILES string of the molecule is COc1ccc(C(C)=NNc2ccc([N+](=O)[O-])cc2[N+](=O)[O-])cc1. The Hall–Kier alpha value is -3.49. The van der Waals surface area contributed by atoms with Gasteiger partial charge in [0.15, 0.2) is 0 Å². The average Bonchev–Trinajstić information content (AvgIpc) is 2.59. The number of ether oxygens (including phenoxy) is 1. The number of hydrogen-bond acceptors (Lipinski definition) is 7. The molecule has 24 heavy (non-hydrogen) atoms. The van der Waals surface area contributed by atoms with E-state index >= 15 is 0 Å². The summed E-state index contributed by atoms with van der Waals surface area (Å²) >= 11 is 0. The minimum absolute atomic E-state index is 0.0680.